The predicted molar refractivity (Wildman–Crippen MR) is 70.7 cm³/mol. The van der Waals surface area contributed by atoms with Crippen molar-refractivity contribution in [3.05, 3.63) is 0 Å². The van der Waals surface area contributed by atoms with Gasteiger partial charge in [0, 0.05) is 12.6 Å². The Morgan fingerprint density at radius 1 is 1.24 bits per heavy atom. The molecule has 0 aliphatic carbocycles. The van der Waals surface area contributed by atoms with E-state index in [1.807, 2.05) is 6.92 Å². The fourth-order valence-electron chi connectivity index (χ4n) is 2.47. The van der Waals surface area contributed by atoms with E-state index in [0.29, 0.717) is 12.5 Å². The third kappa shape index (κ3) is 4.28. The number of carbonyl (C=O) groups excluding carboxylic acids is 1. The van der Waals surface area contributed by atoms with Gasteiger partial charge in [-0.05, 0) is 38.8 Å². The van der Waals surface area contributed by atoms with Gasteiger partial charge in [0.05, 0.1) is 6.04 Å². The van der Waals surface area contributed by atoms with Crippen LogP contribution in [0.5, 0.6) is 0 Å². The maximum Gasteiger partial charge on any atom is 0.237 e. The normalized spacial score (nSPS) is 21.2. The van der Waals surface area contributed by atoms with Gasteiger partial charge in [0.15, 0.2) is 0 Å². The van der Waals surface area contributed by atoms with E-state index < -0.39 is 0 Å². The van der Waals surface area contributed by atoms with Crippen LogP contribution < -0.4 is 11.1 Å². The summed E-state index contributed by atoms with van der Waals surface area (Å²) in [4.78, 5) is 14.6. The summed E-state index contributed by atoms with van der Waals surface area (Å²) in [5, 5.41) is 3.00. The van der Waals surface area contributed by atoms with E-state index in [4.69, 9.17) is 5.73 Å². The van der Waals surface area contributed by atoms with Crippen LogP contribution in [0.2, 0.25) is 0 Å². The van der Waals surface area contributed by atoms with Crippen LogP contribution in [-0.4, -0.2) is 42.5 Å². The SMILES string of the molecule is CC(C)C(C(=O)N[C@@H](C)CN)N1CCCCC1. The van der Waals surface area contributed by atoms with Gasteiger partial charge in [-0.25, -0.2) is 0 Å². The average molecular weight is 241 g/mol. The number of nitrogens with zero attached hydrogens (tertiary/aromatic N) is 1. The van der Waals surface area contributed by atoms with Crippen LogP contribution in [0.25, 0.3) is 0 Å². The van der Waals surface area contributed by atoms with Crippen LogP contribution in [-0.2, 0) is 4.79 Å². The lowest BCUT2D eigenvalue weighted by molar-refractivity contribution is -0.129. The van der Waals surface area contributed by atoms with Gasteiger partial charge in [0.2, 0.25) is 5.91 Å². The Morgan fingerprint density at radius 2 is 1.82 bits per heavy atom. The van der Waals surface area contributed by atoms with Crippen molar-refractivity contribution in [2.24, 2.45) is 11.7 Å². The molecule has 0 radical (unpaired) electrons. The van der Waals surface area contributed by atoms with Crippen LogP contribution in [0.4, 0.5) is 0 Å². The lowest BCUT2D eigenvalue weighted by atomic mass is 9.98. The molecule has 1 saturated heterocycles. The Morgan fingerprint density at radius 3 is 2.29 bits per heavy atom. The molecule has 1 aliphatic heterocycles. The lowest BCUT2D eigenvalue weighted by Crippen LogP contribution is -2.54. The zero-order valence-electron chi connectivity index (χ0n) is 11.4. The number of likely N-dealkylation sites (tertiary alicyclic amines) is 1. The highest BCUT2D eigenvalue weighted by molar-refractivity contribution is 5.82. The summed E-state index contributed by atoms with van der Waals surface area (Å²) < 4.78 is 0. The van der Waals surface area contributed by atoms with Gasteiger partial charge >= 0.3 is 0 Å². The molecule has 1 fully saturated rings. The van der Waals surface area contributed by atoms with E-state index in [0.717, 1.165) is 13.1 Å². The van der Waals surface area contributed by atoms with Crippen LogP contribution in [0.3, 0.4) is 0 Å². The smallest absolute Gasteiger partial charge is 0.237 e. The van der Waals surface area contributed by atoms with Crippen LogP contribution in [0.1, 0.15) is 40.0 Å². The third-order valence-electron chi connectivity index (χ3n) is 3.43. The molecule has 3 N–H and O–H groups in total. The van der Waals surface area contributed by atoms with E-state index in [1.54, 1.807) is 0 Å². The molecule has 0 bridgehead atoms. The second-order valence-electron chi connectivity index (χ2n) is 5.43. The molecule has 0 aromatic rings. The van der Waals surface area contributed by atoms with E-state index in [-0.39, 0.29) is 18.0 Å². The summed E-state index contributed by atoms with van der Waals surface area (Å²) in [6, 6.07) is 0.0674. The Balaban J connectivity index is 2.60. The van der Waals surface area contributed by atoms with E-state index in [9.17, 15) is 4.79 Å². The van der Waals surface area contributed by atoms with Crippen molar-refractivity contribution in [1.82, 2.24) is 10.2 Å². The van der Waals surface area contributed by atoms with Crippen molar-refractivity contribution in [2.45, 2.75) is 52.1 Å². The monoisotopic (exact) mass is 241 g/mol. The summed E-state index contributed by atoms with van der Waals surface area (Å²) in [6.07, 6.45) is 3.72. The molecule has 4 nitrogen and oxygen atoms in total. The molecule has 0 aromatic carbocycles. The summed E-state index contributed by atoms with van der Waals surface area (Å²) in [5.41, 5.74) is 5.55. The second kappa shape index (κ2) is 6.97. The van der Waals surface area contributed by atoms with Gasteiger partial charge in [0.1, 0.15) is 0 Å². The van der Waals surface area contributed by atoms with E-state index in [1.165, 1.54) is 19.3 Å². The van der Waals surface area contributed by atoms with Crippen molar-refractivity contribution < 1.29 is 4.79 Å². The number of carbonyl (C=O) groups is 1. The van der Waals surface area contributed by atoms with E-state index >= 15 is 0 Å². The molecular formula is C13H27N3O. The highest BCUT2D eigenvalue weighted by Crippen LogP contribution is 2.17. The molecule has 100 valence electrons. The molecule has 1 heterocycles. The molecule has 1 unspecified atom stereocenters. The standard InChI is InChI=1S/C13H27N3O/c1-10(2)12(13(17)15-11(3)9-14)16-7-5-4-6-8-16/h10-12H,4-9,14H2,1-3H3,(H,15,17)/t11-,12?/m0/s1. The first-order valence-electron chi connectivity index (χ1n) is 6.80. The molecule has 17 heavy (non-hydrogen) atoms. The van der Waals surface area contributed by atoms with Gasteiger partial charge < -0.3 is 11.1 Å². The van der Waals surface area contributed by atoms with Gasteiger partial charge in [-0.3, -0.25) is 9.69 Å². The Hall–Kier alpha value is -0.610. The zero-order valence-corrected chi connectivity index (χ0v) is 11.4. The van der Waals surface area contributed by atoms with Crippen molar-refractivity contribution in [3.8, 4) is 0 Å². The average Bonchev–Trinajstić information content (AvgIpc) is 2.29. The first kappa shape index (κ1) is 14.5. The fourth-order valence-corrected chi connectivity index (χ4v) is 2.47. The summed E-state index contributed by atoms with van der Waals surface area (Å²) in [5.74, 6) is 0.484. The minimum Gasteiger partial charge on any atom is -0.351 e. The molecule has 0 aromatic heterocycles. The van der Waals surface area contributed by atoms with Gasteiger partial charge in [-0.2, -0.15) is 0 Å². The van der Waals surface area contributed by atoms with Crippen molar-refractivity contribution in [1.29, 1.82) is 0 Å². The van der Waals surface area contributed by atoms with Crippen molar-refractivity contribution in [2.75, 3.05) is 19.6 Å². The number of rotatable bonds is 5. The Bertz CT molecular complexity index is 237. The molecular weight excluding hydrogens is 214 g/mol. The van der Waals surface area contributed by atoms with E-state index in [2.05, 4.69) is 24.1 Å². The first-order chi connectivity index (χ1) is 8.06. The molecule has 0 saturated carbocycles. The number of nitrogens with one attached hydrogen (secondary N) is 1. The second-order valence-corrected chi connectivity index (χ2v) is 5.43. The summed E-state index contributed by atoms with van der Waals surface area (Å²) in [7, 11) is 0. The maximum atomic E-state index is 12.2. The minimum atomic E-state index is 0.00398. The third-order valence-corrected chi connectivity index (χ3v) is 3.43. The lowest BCUT2D eigenvalue weighted by Gasteiger charge is -2.36. The van der Waals surface area contributed by atoms with Gasteiger partial charge in [-0.15, -0.1) is 0 Å². The van der Waals surface area contributed by atoms with Crippen LogP contribution in [0, 0.1) is 5.92 Å². The highest BCUT2D eigenvalue weighted by Gasteiger charge is 2.30. The molecule has 2 atom stereocenters. The quantitative estimate of drug-likeness (QED) is 0.754. The predicted octanol–water partition coefficient (Wildman–Crippen LogP) is 0.960. The number of hydrogen-bond acceptors (Lipinski definition) is 3. The highest BCUT2D eigenvalue weighted by atomic mass is 16.2. The van der Waals surface area contributed by atoms with Crippen LogP contribution >= 0.6 is 0 Å². The molecule has 1 aliphatic rings. The number of piperidine rings is 1. The van der Waals surface area contributed by atoms with Crippen molar-refractivity contribution >= 4 is 5.91 Å². The molecule has 4 heteroatoms. The molecule has 1 amide bonds. The number of amides is 1. The number of nitrogens with two attached hydrogens (primary N) is 1. The van der Waals surface area contributed by atoms with Crippen LogP contribution in [0.15, 0.2) is 0 Å². The fraction of sp³-hybridized carbons (Fsp3) is 0.923. The topological polar surface area (TPSA) is 58.4 Å². The van der Waals surface area contributed by atoms with Gasteiger partial charge in [-0.1, -0.05) is 20.3 Å². The summed E-state index contributed by atoms with van der Waals surface area (Å²) in [6.45, 7) is 8.78. The van der Waals surface area contributed by atoms with Gasteiger partial charge in [0.25, 0.3) is 0 Å². The maximum absolute atomic E-state index is 12.2. The Kier molecular flexibility index (Phi) is 5.92. The molecule has 1 rings (SSSR count). The first-order valence-corrected chi connectivity index (χ1v) is 6.80. The number of hydrogen-bond donors (Lipinski definition) is 2. The Labute approximate surface area is 105 Å². The summed E-state index contributed by atoms with van der Waals surface area (Å²) >= 11 is 0. The zero-order chi connectivity index (χ0) is 12.8. The minimum absolute atomic E-state index is 0.00398. The largest absolute Gasteiger partial charge is 0.351 e. The molecule has 0 spiro atoms. The van der Waals surface area contributed by atoms with Crippen molar-refractivity contribution in [3.63, 3.8) is 0 Å².